The maximum atomic E-state index is 13.4. The molecule has 0 bridgehead atoms. The Morgan fingerprint density at radius 1 is 1.25 bits per heavy atom. The number of likely N-dealkylation sites (N-methyl/N-ethyl adjacent to an activating group) is 1. The van der Waals surface area contributed by atoms with Crippen LogP contribution < -0.4 is 5.32 Å². The Kier molecular flexibility index (Phi) is 4.91. The fourth-order valence-corrected chi connectivity index (χ4v) is 4.11. The third-order valence-corrected chi connectivity index (χ3v) is 5.46. The number of fused-ring (bicyclic) bond motifs is 3. The molecule has 0 saturated carbocycles. The van der Waals surface area contributed by atoms with Crippen molar-refractivity contribution in [3.05, 3.63) is 48.0 Å². The van der Waals surface area contributed by atoms with Gasteiger partial charge in [-0.05, 0) is 19.4 Å². The van der Waals surface area contributed by atoms with E-state index in [2.05, 4.69) is 15.3 Å². The van der Waals surface area contributed by atoms with Crippen molar-refractivity contribution in [2.24, 2.45) is 5.10 Å². The zero-order valence-electron chi connectivity index (χ0n) is 16.4. The van der Waals surface area contributed by atoms with Gasteiger partial charge in [0.05, 0.1) is 13.1 Å². The van der Waals surface area contributed by atoms with Gasteiger partial charge >= 0.3 is 6.03 Å². The molecule has 148 valence electrons. The van der Waals surface area contributed by atoms with E-state index in [4.69, 9.17) is 0 Å². The minimum atomic E-state index is -0.435. The minimum absolute atomic E-state index is 0.160. The molecule has 4 rings (SSSR count). The van der Waals surface area contributed by atoms with Crippen molar-refractivity contribution < 1.29 is 9.59 Å². The van der Waals surface area contributed by atoms with Crippen LogP contribution in [0.2, 0.25) is 0 Å². The van der Waals surface area contributed by atoms with Crippen molar-refractivity contribution in [2.45, 2.75) is 38.9 Å². The van der Waals surface area contributed by atoms with E-state index in [-0.39, 0.29) is 30.9 Å². The molecule has 2 fully saturated rings. The number of carbonyl (C=O) groups is 2. The first kappa shape index (κ1) is 18.6. The largest absolute Gasteiger partial charge is 0.328 e. The third kappa shape index (κ3) is 3.08. The predicted octanol–water partition coefficient (Wildman–Crippen LogP) is 1.23. The lowest BCUT2D eigenvalue weighted by Crippen LogP contribution is -2.66. The van der Waals surface area contributed by atoms with E-state index < -0.39 is 6.04 Å². The summed E-state index contributed by atoms with van der Waals surface area (Å²) in [5.74, 6) is -0.160. The number of nitrogens with one attached hydrogen (secondary N) is 1. The molecule has 3 unspecified atom stereocenters. The van der Waals surface area contributed by atoms with Crippen LogP contribution in [-0.2, 0) is 11.3 Å². The quantitative estimate of drug-likeness (QED) is 0.793. The maximum Gasteiger partial charge on any atom is 0.328 e. The molecule has 2 saturated heterocycles. The van der Waals surface area contributed by atoms with Gasteiger partial charge in [-0.1, -0.05) is 42.5 Å². The molecule has 1 aromatic rings. The molecular weight excluding hydrogens is 356 g/mol. The number of nitrogens with zero attached hydrogens (tertiary/aromatic N) is 5. The van der Waals surface area contributed by atoms with Crippen LogP contribution in [0.3, 0.4) is 0 Å². The number of allylic oxidation sites excluding steroid dienone is 1. The molecule has 8 heteroatoms. The molecule has 1 N–H and O–H groups in total. The van der Waals surface area contributed by atoms with Gasteiger partial charge in [0.15, 0.2) is 6.29 Å². The molecule has 3 atom stereocenters. The number of carbonyl (C=O) groups excluding carboxylic acids is 2. The summed E-state index contributed by atoms with van der Waals surface area (Å²) in [6, 6.07) is 8.90. The summed E-state index contributed by atoms with van der Waals surface area (Å²) in [5, 5.41) is 10.0. The summed E-state index contributed by atoms with van der Waals surface area (Å²) in [7, 11) is 1.75. The van der Waals surface area contributed by atoms with Crippen LogP contribution in [0.15, 0.2) is 47.6 Å². The van der Waals surface area contributed by atoms with Crippen LogP contribution in [0.25, 0.3) is 0 Å². The lowest BCUT2D eigenvalue weighted by Gasteiger charge is -2.42. The molecule has 8 nitrogen and oxygen atoms in total. The molecule has 0 spiro atoms. The molecule has 3 amide bonds. The number of hydrogen-bond donors (Lipinski definition) is 1. The zero-order valence-corrected chi connectivity index (χ0v) is 16.4. The molecule has 0 aromatic heterocycles. The highest BCUT2D eigenvalue weighted by atomic mass is 16.2. The Labute approximate surface area is 165 Å². The summed E-state index contributed by atoms with van der Waals surface area (Å²) in [6.45, 7) is 5.45. The SMILES string of the molecule is C/C=C/CN1N=C(C)CN2C3C(=O)N(Cc4ccccc4)C(=O)N(C)C3NC12. The third-order valence-electron chi connectivity index (χ3n) is 5.46. The topological polar surface area (TPSA) is 71.5 Å². The van der Waals surface area contributed by atoms with Gasteiger partial charge < -0.3 is 4.90 Å². The van der Waals surface area contributed by atoms with Crippen LogP contribution in [0, 0.1) is 0 Å². The van der Waals surface area contributed by atoms with Crippen molar-refractivity contribution in [3.8, 4) is 0 Å². The van der Waals surface area contributed by atoms with Crippen molar-refractivity contribution in [2.75, 3.05) is 20.1 Å². The monoisotopic (exact) mass is 382 g/mol. The van der Waals surface area contributed by atoms with E-state index in [1.165, 1.54) is 4.90 Å². The molecule has 1 aromatic carbocycles. The van der Waals surface area contributed by atoms with Gasteiger partial charge in [-0.3, -0.25) is 20.0 Å². The molecule has 0 radical (unpaired) electrons. The maximum absolute atomic E-state index is 13.4. The molecule has 28 heavy (non-hydrogen) atoms. The van der Waals surface area contributed by atoms with Crippen molar-refractivity contribution in [1.29, 1.82) is 0 Å². The van der Waals surface area contributed by atoms with E-state index in [1.54, 1.807) is 11.9 Å². The van der Waals surface area contributed by atoms with Gasteiger partial charge in [0.25, 0.3) is 5.91 Å². The number of hydrogen-bond acceptors (Lipinski definition) is 6. The molecule has 3 heterocycles. The average molecular weight is 382 g/mol. The van der Waals surface area contributed by atoms with Gasteiger partial charge in [-0.2, -0.15) is 5.10 Å². The summed E-state index contributed by atoms with van der Waals surface area (Å²) in [5.41, 5.74) is 1.88. The second-order valence-corrected chi connectivity index (χ2v) is 7.43. The summed E-state index contributed by atoms with van der Waals surface area (Å²) < 4.78 is 0. The van der Waals surface area contributed by atoms with E-state index in [9.17, 15) is 9.59 Å². The summed E-state index contributed by atoms with van der Waals surface area (Å²) >= 11 is 0. The van der Waals surface area contributed by atoms with Gasteiger partial charge in [-0.15, -0.1) is 0 Å². The van der Waals surface area contributed by atoms with Gasteiger partial charge in [0, 0.05) is 19.3 Å². The standard InChI is InChI=1S/C20H26N6O2/c1-4-5-11-26-19-21-17-16(24(19)12-14(2)22-26)18(27)25(20(28)23(17)3)13-15-9-7-6-8-10-15/h4-10,16-17,19,21H,11-13H2,1-3H3/b5-4+. The molecule has 0 aliphatic carbocycles. The van der Waals surface area contributed by atoms with Gasteiger partial charge in [0.2, 0.25) is 0 Å². The zero-order chi connectivity index (χ0) is 19.8. The molecule has 3 aliphatic heterocycles. The smallest absolute Gasteiger partial charge is 0.310 e. The number of imide groups is 1. The van der Waals surface area contributed by atoms with E-state index in [0.717, 1.165) is 11.3 Å². The Balaban J connectivity index is 1.62. The number of benzene rings is 1. The first-order valence-corrected chi connectivity index (χ1v) is 9.57. The van der Waals surface area contributed by atoms with E-state index in [0.29, 0.717) is 13.1 Å². The summed E-state index contributed by atoms with van der Waals surface area (Å²) in [6.07, 6.45) is 3.42. The second-order valence-electron chi connectivity index (χ2n) is 7.43. The highest BCUT2D eigenvalue weighted by Gasteiger charge is 2.56. The van der Waals surface area contributed by atoms with Crippen molar-refractivity contribution in [1.82, 2.24) is 25.0 Å². The lowest BCUT2D eigenvalue weighted by molar-refractivity contribution is -0.139. The van der Waals surface area contributed by atoms with Crippen LogP contribution in [0.5, 0.6) is 0 Å². The predicted molar refractivity (Wildman–Crippen MR) is 106 cm³/mol. The molecular formula is C20H26N6O2. The van der Waals surface area contributed by atoms with E-state index in [1.807, 2.05) is 61.3 Å². The number of urea groups is 1. The molecule has 3 aliphatic rings. The second kappa shape index (κ2) is 7.37. The van der Waals surface area contributed by atoms with Crippen LogP contribution in [0.4, 0.5) is 4.79 Å². The van der Waals surface area contributed by atoms with Crippen LogP contribution in [-0.4, -0.2) is 76.0 Å². The van der Waals surface area contributed by atoms with Gasteiger partial charge in [-0.25, -0.2) is 9.69 Å². The first-order chi connectivity index (χ1) is 13.5. The lowest BCUT2D eigenvalue weighted by atomic mass is 10.1. The fraction of sp³-hybridized carbons (Fsp3) is 0.450. The Morgan fingerprint density at radius 3 is 2.71 bits per heavy atom. The fourth-order valence-electron chi connectivity index (χ4n) is 4.11. The van der Waals surface area contributed by atoms with Crippen molar-refractivity contribution >= 4 is 17.6 Å². The number of rotatable bonds is 4. The normalized spacial score (nSPS) is 28.0. The van der Waals surface area contributed by atoms with Gasteiger partial charge in [0.1, 0.15) is 12.2 Å². The Bertz CT molecular complexity index is 823. The number of hydrazone groups is 1. The highest BCUT2D eigenvalue weighted by molar-refractivity contribution is 6.01. The number of amides is 3. The van der Waals surface area contributed by atoms with E-state index >= 15 is 0 Å². The Hall–Kier alpha value is -2.71. The van der Waals surface area contributed by atoms with Crippen molar-refractivity contribution in [3.63, 3.8) is 0 Å². The average Bonchev–Trinajstić information content (AvgIpc) is 3.08. The first-order valence-electron chi connectivity index (χ1n) is 9.57. The van der Waals surface area contributed by atoms with Crippen LogP contribution in [0.1, 0.15) is 19.4 Å². The minimum Gasteiger partial charge on any atom is -0.310 e. The summed E-state index contributed by atoms with van der Waals surface area (Å²) in [4.78, 5) is 31.4. The van der Waals surface area contributed by atoms with Crippen LogP contribution >= 0.6 is 0 Å². The Morgan fingerprint density at radius 2 is 2.00 bits per heavy atom. The highest BCUT2D eigenvalue weighted by Crippen LogP contribution is 2.30.